The third-order valence-electron chi connectivity index (χ3n) is 7.80. The molecule has 18 nitrogen and oxygen atoms in total. The van der Waals surface area contributed by atoms with Crippen LogP contribution in [0.3, 0.4) is 0 Å². The van der Waals surface area contributed by atoms with E-state index in [4.69, 9.17) is 0 Å². The van der Waals surface area contributed by atoms with Gasteiger partial charge < -0.3 is 25.5 Å². The monoisotopic (exact) mass is 861 g/mol. The summed E-state index contributed by atoms with van der Waals surface area (Å²) in [5.41, 5.74) is 3.45. The Morgan fingerprint density at radius 1 is 0.643 bits per heavy atom. The molecule has 0 aliphatic rings. The first-order valence-electron chi connectivity index (χ1n) is 17.0. The van der Waals surface area contributed by atoms with Gasteiger partial charge in [-0.3, -0.25) is 9.11 Å². The number of nitrogens with zero attached hydrogens (tertiary/aromatic N) is 9. The molecule has 0 aliphatic carbocycles. The number of hydrogen-bond donors (Lipinski definition) is 5. The summed E-state index contributed by atoms with van der Waals surface area (Å²) in [7, 11) is -8.79. The molecule has 0 amide bonds. The molecule has 0 aliphatic heterocycles. The van der Waals surface area contributed by atoms with Crippen molar-refractivity contribution in [1.29, 1.82) is 0 Å². The summed E-state index contributed by atoms with van der Waals surface area (Å²) in [5.74, 6) is 0.552. The molecule has 0 fully saturated rings. The first kappa shape index (κ1) is 42.5. The third-order valence-corrected chi connectivity index (χ3v) is 13.2. The second-order valence-electron chi connectivity index (χ2n) is 11.4. The highest BCUT2D eigenvalue weighted by Crippen LogP contribution is 2.38. The van der Waals surface area contributed by atoms with Gasteiger partial charge in [0.1, 0.15) is 29.8 Å². The number of thiophene rings is 2. The van der Waals surface area contributed by atoms with Crippen molar-refractivity contribution in [3.63, 3.8) is 0 Å². The van der Waals surface area contributed by atoms with Gasteiger partial charge in [0.05, 0.1) is 18.0 Å². The molecule has 0 bridgehead atoms. The van der Waals surface area contributed by atoms with Gasteiger partial charge in [-0.25, -0.2) is 0 Å². The van der Waals surface area contributed by atoms with E-state index in [1.807, 2.05) is 52.0 Å². The van der Waals surface area contributed by atoms with E-state index in [1.54, 1.807) is 12.1 Å². The number of aliphatic hydroxyl groups is 1. The van der Waals surface area contributed by atoms with Crippen LogP contribution in [0, 0.1) is 0 Å². The largest absolute Gasteiger partial charge is 0.396 e. The minimum atomic E-state index is -4.39. The van der Waals surface area contributed by atoms with Crippen LogP contribution in [0.15, 0.2) is 94.7 Å². The van der Waals surface area contributed by atoms with Crippen LogP contribution >= 0.6 is 34.4 Å². The lowest BCUT2D eigenvalue weighted by Gasteiger charge is -2.22. The Kier molecular flexibility index (Phi) is 14.4. The first-order chi connectivity index (χ1) is 26.7. The van der Waals surface area contributed by atoms with Crippen LogP contribution in [0.25, 0.3) is 0 Å². The fourth-order valence-corrected chi connectivity index (χ4v) is 8.65. The number of azo groups is 2. The Morgan fingerprint density at radius 3 is 1.43 bits per heavy atom. The standard InChI is InChI=1S/C33H39N11O7S5/c1-5-43(6-2)21-9-11-23(39-41-27-13-15-29(53-27)55(46,47)48)25(19-21)34-31-36-32(38-33(37-31)52-18-17-45)35-26-20-22(44(7-3)8-4)10-12-24(26)40-42-28-14-16-30(54-28)56(49,50)51/h9-16,19-20,45H,5-8,17-18H2,1-4H3,(H,46,47,48)(H,49,50,51)(H2,34,35,36,37,38)/b41-39+,42-40+. The summed E-state index contributed by atoms with van der Waals surface area (Å²) in [4.78, 5) is 18.1. The lowest BCUT2D eigenvalue weighted by atomic mass is 10.2. The zero-order valence-corrected chi connectivity index (χ0v) is 34.6. The Hall–Kier alpha value is -4.62. The predicted octanol–water partition coefficient (Wildman–Crippen LogP) is 8.58. The Balaban J connectivity index is 1.55. The Bertz CT molecular complexity index is 2250. The zero-order valence-electron chi connectivity index (χ0n) is 30.6. The van der Waals surface area contributed by atoms with Crippen LogP contribution in [0.2, 0.25) is 0 Å². The minimum absolute atomic E-state index is 0.125. The molecule has 23 heteroatoms. The molecule has 5 N–H and O–H groups in total. The second-order valence-corrected chi connectivity index (χ2v) is 17.9. The van der Waals surface area contributed by atoms with Crippen LogP contribution in [0.4, 0.5) is 56.0 Å². The van der Waals surface area contributed by atoms with Gasteiger partial charge in [0, 0.05) is 43.3 Å². The van der Waals surface area contributed by atoms with E-state index in [-0.39, 0.29) is 42.1 Å². The molecule has 0 saturated carbocycles. The number of hydrogen-bond acceptors (Lipinski definition) is 19. The van der Waals surface area contributed by atoms with Crippen LogP contribution in [-0.2, 0) is 20.2 Å². The highest BCUT2D eigenvalue weighted by Gasteiger charge is 2.17. The lowest BCUT2D eigenvalue weighted by Crippen LogP contribution is -2.21. The number of benzene rings is 2. The fraction of sp³-hybridized carbons (Fsp3) is 0.303. The van der Waals surface area contributed by atoms with Crippen molar-refractivity contribution in [3.8, 4) is 0 Å². The van der Waals surface area contributed by atoms with Crippen molar-refractivity contribution < 1.29 is 31.0 Å². The Morgan fingerprint density at radius 2 is 1.07 bits per heavy atom. The molecule has 2 aromatic carbocycles. The van der Waals surface area contributed by atoms with Crippen molar-refractivity contribution in [2.45, 2.75) is 41.3 Å². The van der Waals surface area contributed by atoms with Gasteiger partial charge in [-0.1, -0.05) is 11.8 Å². The SMILES string of the molecule is CCN(CC)c1ccc(/N=N/c2ccc(S(=O)(=O)O)s2)c(Nc2nc(Nc3cc(N(CC)CC)ccc3/N=N/c3ccc(S(=O)(=O)O)s3)nc(SCCO)n2)c1. The molecule has 5 rings (SSSR count). The van der Waals surface area contributed by atoms with Crippen LogP contribution < -0.4 is 20.4 Å². The maximum absolute atomic E-state index is 11.6. The molecule has 3 heterocycles. The maximum atomic E-state index is 11.6. The van der Waals surface area contributed by atoms with E-state index in [1.165, 1.54) is 36.0 Å². The van der Waals surface area contributed by atoms with Gasteiger partial charge in [-0.05, 0) is 88.4 Å². The number of thioether (sulfide) groups is 1. The summed E-state index contributed by atoms with van der Waals surface area (Å²) in [5, 5.41) is 34.0. The Labute approximate surface area is 336 Å². The molecular formula is C33H39N11O7S5. The molecule has 56 heavy (non-hydrogen) atoms. The van der Waals surface area contributed by atoms with E-state index < -0.39 is 20.2 Å². The third kappa shape index (κ3) is 11.2. The highest BCUT2D eigenvalue weighted by molar-refractivity contribution is 7.99. The topological polar surface area (TPSA) is 248 Å². The van der Waals surface area contributed by atoms with E-state index in [9.17, 15) is 31.0 Å². The fourth-order valence-electron chi connectivity index (χ4n) is 5.12. The van der Waals surface area contributed by atoms with Gasteiger partial charge >= 0.3 is 20.2 Å². The average Bonchev–Trinajstić information content (AvgIpc) is 3.85. The van der Waals surface area contributed by atoms with E-state index in [0.29, 0.717) is 28.5 Å². The number of nitrogens with one attached hydrogen (secondary N) is 2. The molecule has 0 unspecified atom stereocenters. The number of anilines is 6. The van der Waals surface area contributed by atoms with Crippen molar-refractivity contribution in [3.05, 3.63) is 60.7 Å². The van der Waals surface area contributed by atoms with Crippen molar-refractivity contribution in [1.82, 2.24) is 15.0 Å². The lowest BCUT2D eigenvalue weighted by molar-refractivity contribution is 0.322. The van der Waals surface area contributed by atoms with Crippen molar-refractivity contribution in [2.24, 2.45) is 20.5 Å². The normalized spacial score (nSPS) is 12.1. The zero-order chi connectivity index (χ0) is 40.5. The van der Waals surface area contributed by atoms with Gasteiger partial charge in [0.2, 0.25) is 11.9 Å². The number of aromatic nitrogens is 3. The summed E-state index contributed by atoms with van der Waals surface area (Å²) in [6.45, 7) is 10.9. The summed E-state index contributed by atoms with van der Waals surface area (Å²) < 4.78 is 64.7. The van der Waals surface area contributed by atoms with Gasteiger partial charge in [0.25, 0.3) is 0 Å². The van der Waals surface area contributed by atoms with E-state index in [0.717, 1.165) is 60.2 Å². The number of rotatable bonds is 19. The van der Waals surface area contributed by atoms with Crippen LogP contribution in [-0.4, -0.2) is 84.5 Å². The molecule has 0 atom stereocenters. The minimum Gasteiger partial charge on any atom is -0.396 e. The van der Waals surface area contributed by atoms with Crippen molar-refractivity contribution >= 4 is 111 Å². The molecule has 0 saturated heterocycles. The van der Waals surface area contributed by atoms with E-state index in [2.05, 4.69) is 55.8 Å². The number of aliphatic hydroxyl groups excluding tert-OH is 1. The molecule has 0 spiro atoms. The molecule has 3 aromatic heterocycles. The summed E-state index contributed by atoms with van der Waals surface area (Å²) in [6.07, 6.45) is 0. The van der Waals surface area contributed by atoms with Gasteiger partial charge in [-0.2, -0.15) is 31.8 Å². The molecular weight excluding hydrogens is 823 g/mol. The smallest absolute Gasteiger partial charge is 0.304 e. The first-order valence-corrected chi connectivity index (χ1v) is 22.5. The summed E-state index contributed by atoms with van der Waals surface area (Å²) in [6, 6.07) is 16.3. The van der Waals surface area contributed by atoms with Crippen LogP contribution in [0.5, 0.6) is 0 Å². The highest BCUT2D eigenvalue weighted by atomic mass is 32.3. The van der Waals surface area contributed by atoms with E-state index >= 15 is 0 Å². The van der Waals surface area contributed by atoms with Gasteiger partial charge in [-0.15, -0.1) is 43.1 Å². The molecule has 298 valence electrons. The second kappa shape index (κ2) is 19.0. The molecule has 0 radical (unpaired) electrons. The quantitative estimate of drug-likeness (QED) is 0.0296. The van der Waals surface area contributed by atoms with Gasteiger partial charge in [0.15, 0.2) is 5.16 Å². The summed E-state index contributed by atoms with van der Waals surface area (Å²) >= 11 is 2.73. The predicted molar refractivity (Wildman–Crippen MR) is 221 cm³/mol. The van der Waals surface area contributed by atoms with Crippen LogP contribution in [0.1, 0.15) is 27.7 Å². The molecule has 5 aromatic rings. The van der Waals surface area contributed by atoms with Crippen molar-refractivity contribution in [2.75, 3.05) is 59.0 Å². The average molecular weight is 862 g/mol. The maximum Gasteiger partial charge on any atom is 0.304 e.